The van der Waals surface area contributed by atoms with E-state index in [4.69, 9.17) is 0 Å². The summed E-state index contributed by atoms with van der Waals surface area (Å²) in [6.45, 7) is 11.2. The summed E-state index contributed by atoms with van der Waals surface area (Å²) in [6.07, 6.45) is 0. The van der Waals surface area contributed by atoms with Crippen LogP contribution in [0.15, 0.2) is 16.6 Å². The second kappa shape index (κ2) is 5.60. The van der Waals surface area contributed by atoms with E-state index in [1.165, 1.54) is 15.6 Å². The van der Waals surface area contributed by atoms with Crippen LogP contribution in [0, 0.1) is 31.1 Å². The number of aryl methyl sites for hydroxylation is 2. The largest absolute Gasteiger partial charge is 0.374 e. The fraction of sp³-hybridized carbons (Fsp3) is 0.467. The van der Waals surface area contributed by atoms with Crippen LogP contribution in [0.25, 0.3) is 0 Å². The van der Waals surface area contributed by atoms with Crippen LogP contribution in [-0.4, -0.2) is 6.54 Å². The molecule has 1 nitrogen and oxygen atoms in total. The summed E-state index contributed by atoms with van der Waals surface area (Å²) in [4.78, 5) is 0. The molecular weight excluding hydrogens is 274 g/mol. The van der Waals surface area contributed by atoms with Crippen molar-refractivity contribution < 1.29 is 0 Å². The fourth-order valence-corrected chi connectivity index (χ4v) is 1.73. The molecule has 1 N–H and O–H groups in total. The van der Waals surface area contributed by atoms with Crippen LogP contribution in [0.5, 0.6) is 0 Å². The highest BCUT2D eigenvalue weighted by Crippen LogP contribution is 2.24. The van der Waals surface area contributed by atoms with E-state index < -0.39 is 0 Å². The van der Waals surface area contributed by atoms with Gasteiger partial charge in [-0.05, 0) is 57.9 Å². The van der Waals surface area contributed by atoms with Crippen molar-refractivity contribution in [1.29, 1.82) is 0 Å². The van der Waals surface area contributed by atoms with Crippen molar-refractivity contribution in [2.24, 2.45) is 5.41 Å². The molecule has 0 unspecified atom stereocenters. The van der Waals surface area contributed by atoms with E-state index in [0.29, 0.717) is 6.54 Å². The van der Waals surface area contributed by atoms with Gasteiger partial charge in [0.05, 0.1) is 6.54 Å². The monoisotopic (exact) mass is 293 g/mol. The van der Waals surface area contributed by atoms with Crippen molar-refractivity contribution >= 4 is 21.6 Å². The molecule has 0 saturated carbocycles. The number of benzene rings is 1. The van der Waals surface area contributed by atoms with E-state index in [2.05, 4.69) is 79.8 Å². The highest BCUT2D eigenvalue weighted by atomic mass is 79.9. The number of halogens is 1. The molecule has 1 aromatic rings. The number of hydrogen-bond acceptors (Lipinski definition) is 1. The average Bonchev–Trinajstić information content (AvgIpc) is 2.19. The van der Waals surface area contributed by atoms with Gasteiger partial charge in [-0.15, -0.1) is 0 Å². The minimum Gasteiger partial charge on any atom is -0.374 e. The summed E-state index contributed by atoms with van der Waals surface area (Å²) in [5.41, 5.74) is 3.70. The second-order valence-corrected chi connectivity index (χ2v) is 6.12. The first-order valence-electron chi connectivity index (χ1n) is 5.80. The first-order chi connectivity index (χ1) is 7.79. The number of anilines is 1. The molecule has 0 aliphatic rings. The lowest BCUT2D eigenvalue weighted by Gasteiger charge is -2.09. The molecule has 0 saturated heterocycles. The molecule has 0 bridgehead atoms. The maximum atomic E-state index is 3.57. The smallest absolute Gasteiger partial charge is 0.0766 e. The quantitative estimate of drug-likeness (QED) is 0.790. The summed E-state index contributed by atoms with van der Waals surface area (Å²) in [6, 6.07) is 4.27. The molecule has 1 rings (SSSR count). The van der Waals surface area contributed by atoms with Crippen LogP contribution in [-0.2, 0) is 0 Å². The summed E-state index contributed by atoms with van der Waals surface area (Å²) in [5, 5.41) is 3.33. The van der Waals surface area contributed by atoms with Crippen molar-refractivity contribution in [2.45, 2.75) is 34.6 Å². The van der Waals surface area contributed by atoms with Gasteiger partial charge < -0.3 is 5.32 Å². The Balaban J connectivity index is 2.67. The van der Waals surface area contributed by atoms with E-state index >= 15 is 0 Å². The Morgan fingerprint density at radius 1 is 1.18 bits per heavy atom. The van der Waals surface area contributed by atoms with Crippen LogP contribution in [0.2, 0.25) is 0 Å². The number of nitrogens with one attached hydrogen (secondary N) is 1. The lowest BCUT2D eigenvalue weighted by atomic mass is 9.98. The molecule has 0 aliphatic carbocycles. The third-order valence-electron chi connectivity index (χ3n) is 2.28. The molecule has 0 spiro atoms. The second-order valence-electron chi connectivity index (χ2n) is 5.33. The lowest BCUT2D eigenvalue weighted by Crippen LogP contribution is -2.03. The molecule has 2 heteroatoms. The maximum absolute atomic E-state index is 3.57. The van der Waals surface area contributed by atoms with Gasteiger partial charge in [0.2, 0.25) is 0 Å². The third-order valence-corrected chi connectivity index (χ3v) is 3.53. The van der Waals surface area contributed by atoms with E-state index in [1.54, 1.807) is 0 Å². The van der Waals surface area contributed by atoms with Gasteiger partial charge in [0.15, 0.2) is 0 Å². The summed E-state index contributed by atoms with van der Waals surface area (Å²) >= 11 is 3.57. The zero-order chi connectivity index (χ0) is 13.1. The SMILES string of the molecule is Cc1cc(NCC#CC(C)(C)C)cc(C)c1Br. The van der Waals surface area contributed by atoms with Crippen LogP contribution in [0.3, 0.4) is 0 Å². The zero-order valence-corrected chi connectivity index (χ0v) is 12.8. The minimum atomic E-state index is 0.0766. The fourth-order valence-electron chi connectivity index (χ4n) is 1.50. The highest BCUT2D eigenvalue weighted by molar-refractivity contribution is 9.10. The van der Waals surface area contributed by atoms with Gasteiger partial charge in [0.1, 0.15) is 0 Å². The van der Waals surface area contributed by atoms with Crippen molar-refractivity contribution in [3.8, 4) is 11.8 Å². The Labute approximate surface area is 113 Å². The highest BCUT2D eigenvalue weighted by Gasteiger charge is 2.03. The third kappa shape index (κ3) is 4.83. The van der Waals surface area contributed by atoms with Crippen LogP contribution >= 0.6 is 15.9 Å². The zero-order valence-electron chi connectivity index (χ0n) is 11.2. The molecule has 0 fully saturated rings. The summed E-state index contributed by atoms with van der Waals surface area (Å²) in [7, 11) is 0. The van der Waals surface area contributed by atoms with E-state index in [1.807, 2.05) is 0 Å². The van der Waals surface area contributed by atoms with Crippen molar-refractivity contribution in [3.63, 3.8) is 0 Å². The number of rotatable bonds is 2. The molecule has 0 atom stereocenters. The normalized spacial score (nSPS) is 10.7. The Hall–Kier alpha value is -0.940. The first kappa shape index (κ1) is 14.1. The molecule has 0 heterocycles. The molecule has 92 valence electrons. The number of hydrogen-bond donors (Lipinski definition) is 1. The Kier molecular flexibility index (Phi) is 4.65. The van der Waals surface area contributed by atoms with Crippen LogP contribution in [0.1, 0.15) is 31.9 Å². The van der Waals surface area contributed by atoms with Crippen molar-refractivity contribution in [3.05, 3.63) is 27.7 Å². The van der Waals surface area contributed by atoms with Gasteiger partial charge in [-0.3, -0.25) is 0 Å². The first-order valence-corrected chi connectivity index (χ1v) is 6.59. The van der Waals surface area contributed by atoms with Crippen molar-refractivity contribution in [1.82, 2.24) is 0 Å². The Morgan fingerprint density at radius 2 is 1.71 bits per heavy atom. The lowest BCUT2D eigenvalue weighted by molar-refractivity contribution is 0.570. The van der Waals surface area contributed by atoms with E-state index in [-0.39, 0.29) is 5.41 Å². The Bertz CT molecular complexity index is 435. The van der Waals surface area contributed by atoms with Crippen LogP contribution in [0.4, 0.5) is 5.69 Å². The average molecular weight is 294 g/mol. The van der Waals surface area contributed by atoms with E-state index in [9.17, 15) is 0 Å². The van der Waals surface area contributed by atoms with Crippen molar-refractivity contribution in [2.75, 3.05) is 11.9 Å². The minimum absolute atomic E-state index is 0.0766. The van der Waals surface area contributed by atoms with E-state index in [0.717, 1.165) is 5.69 Å². The van der Waals surface area contributed by atoms with Gasteiger partial charge >= 0.3 is 0 Å². The molecule has 0 amide bonds. The van der Waals surface area contributed by atoms with Gasteiger partial charge in [-0.2, -0.15) is 0 Å². The standard InChI is InChI=1S/C15H20BrN/c1-11-9-13(10-12(2)14(11)16)17-8-6-7-15(3,4)5/h9-10,17H,8H2,1-5H3. The maximum Gasteiger partial charge on any atom is 0.0766 e. The summed E-state index contributed by atoms with van der Waals surface area (Å²) in [5.74, 6) is 6.37. The summed E-state index contributed by atoms with van der Waals surface area (Å²) < 4.78 is 1.18. The molecule has 0 aliphatic heterocycles. The topological polar surface area (TPSA) is 12.0 Å². The van der Waals surface area contributed by atoms with Gasteiger partial charge in [-0.25, -0.2) is 0 Å². The Morgan fingerprint density at radius 3 is 2.18 bits per heavy atom. The molecule has 1 aromatic carbocycles. The predicted octanol–water partition coefficient (Wildman–Crippen LogP) is 4.53. The van der Waals surface area contributed by atoms with Gasteiger partial charge in [0, 0.05) is 15.6 Å². The molecular formula is C15H20BrN. The predicted molar refractivity (Wildman–Crippen MR) is 79.3 cm³/mol. The molecule has 17 heavy (non-hydrogen) atoms. The molecule has 0 aromatic heterocycles. The van der Waals surface area contributed by atoms with Gasteiger partial charge in [0.25, 0.3) is 0 Å². The van der Waals surface area contributed by atoms with Gasteiger partial charge in [-0.1, -0.05) is 27.8 Å². The molecule has 0 radical (unpaired) electrons. The van der Waals surface area contributed by atoms with Crippen LogP contribution < -0.4 is 5.32 Å².